The Bertz CT molecular complexity index is 481. The van der Waals surface area contributed by atoms with E-state index in [-0.39, 0.29) is 0 Å². The minimum Gasteiger partial charge on any atom is -0.418 e. The number of nitrogens with zero attached hydrogens (tertiary/aromatic N) is 2. The molecule has 76 valence electrons. The average Bonchev–Trinajstić information content (AvgIpc) is 2.84. The Labute approximate surface area is 91.2 Å². The van der Waals surface area contributed by atoms with Gasteiger partial charge in [0.25, 0.3) is 0 Å². The van der Waals surface area contributed by atoms with E-state index in [4.69, 9.17) is 9.68 Å². The number of nitriles is 1. The molecule has 2 aromatic rings. The Hall–Kier alpha value is -1.80. The topological polar surface area (TPSA) is 61.9 Å². The van der Waals surface area contributed by atoms with Gasteiger partial charge in [-0.15, -0.1) is 11.3 Å². The van der Waals surface area contributed by atoms with E-state index in [9.17, 15) is 0 Å². The van der Waals surface area contributed by atoms with Crippen LogP contribution in [0.4, 0.5) is 5.88 Å². The van der Waals surface area contributed by atoms with Gasteiger partial charge in [0.1, 0.15) is 6.07 Å². The molecular formula is C10H9N3OS. The Morgan fingerprint density at radius 3 is 3.13 bits per heavy atom. The number of hydrogen-bond donors (Lipinski definition) is 1. The summed E-state index contributed by atoms with van der Waals surface area (Å²) in [5, 5.41) is 13.8. The van der Waals surface area contributed by atoms with Gasteiger partial charge in [0.05, 0.1) is 4.88 Å². The highest BCUT2D eigenvalue weighted by Gasteiger charge is 2.13. The number of nitrogens with one attached hydrogen (secondary N) is 1. The molecule has 0 fully saturated rings. The Morgan fingerprint density at radius 2 is 2.53 bits per heavy atom. The molecule has 15 heavy (non-hydrogen) atoms. The van der Waals surface area contributed by atoms with Crippen LogP contribution < -0.4 is 5.32 Å². The van der Waals surface area contributed by atoms with E-state index in [1.165, 1.54) is 11.3 Å². The molecule has 0 aliphatic carbocycles. The van der Waals surface area contributed by atoms with Crippen molar-refractivity contribution in [3.8, 4) is 16.8 Å². The van der Waals surface area contributed by atoms with E-state index in [2.05, 4.69) is 10.3 Å². The fourth-order valence-corrected chi connectivity index (χ4v) is 1.83. The van der Waals surface area contributed by atoms with Gasteiger partial charge in [0, 0.05) is 6.54 Å². The number of oxazole rings is 1. The van der Waals surface area contributed by atoms with Crippen LogP contribution in [0.1, 0.15) is 12.6 Å². The summed E-state index contributed by atoms with van der Waals surface area (Å²) in [7, 11) is 0. The van der Waals surface area contributed by atoms with Gasteiger partial charge in [0.2, 0.25) is 17.5 Å². The summed E-state index contributed by atoms with van der Waals surface area (Å²) in [5.74, 6) is 0.945. The summed E-state index contributed by atoms with van der Waals surface area (Å²) in [6, 6.07) is 5.83. The highest BCUT2D eigenvalue weighted by molar-refractivity contribution is 7.13. The highest BCUT2D eigenvalue weighted by Crippen LogP contribution is 2.28. The first-order valence-corrected chi connectivity index (χ1v) is 5.41. The molecule has 0 aliphatic heterocycles. The lowest BCUT2D eigenvalue weighted by atomic mass is 10.4. The Kier molecular flexibility index (Phi) is 2.70. The van der Waals surface area contributed by atoms with Crippen molar-refractivity contribution in [2.75, 3.05) is 11.9 Å². The fraction of sp³-hybridized carbons (Fsp3) is 0.200. The van der Waals surface area contributed by atoms with Crippen molar-refractivity contribution in [3.05, 3.63) is 23.2 Å². The normalized spacial score (nSPS) is 9.87. The zero-order valence-corrected chi connectivity index (χ0v) is 8.97. The van der Waals surface area contributed by atoms with Gasteiger partial charge >= 0.3 is 0 Å². The molecule has 5 heteroatoms. The molecule has 4 nitrogen and oxygen atoms in total. The molecular weight excluding hydrogens is 210 g/mol. The number of hydrogen-bond acceptors (Lipinski definition) is 5. The molecule has 0 aliphatic rings. The molecule has 0 radical (unpaired) electrons. The quantitative estimate of drug-likeness (QED) is 0.862. The van der Waals surface area contributed by atoms with Gasteiger partial charge in [0.15, 0.2) is 0 Å². The van der Waals surface area contributed by atoms with E-state index < -0.39 is 0 Å². The van der Waals surface area contributed by atoms with Crippen molar-refractivity contribution in [3.63, 3.8) is 0 Å². The first-order chi connectivity index (χ1) is 7.35. The Balaban J connectivity index is 2.40. The lowest BCUT2D eigenvalue weighted by Crippen LogP contribution is -1.96. The van der Waals surface area contributed by atoms with Crippen LogP contribution in [0.25, 0.3) is 10.8 Å². The molecule has 2 aromatic heterocycles. The first kappa shape index (κ1) is 9.74. The van der Waals surface area contributed by atoms with E-state index in [0.717, 1.165) is 4.88 Å². The van der Waals surface area contributed by atoms with Crippen molar-refractivity contribution >= 4 is 17.2 Å². The maximum absolute atomic E-state index is 8.85. The second-order valence-electron chi connectivity index (χ2n) is 2.82. The summed E-state index contributed by atoms with van der Waals surface area (Å²) in [5.41, 5.74) is 0.306. The third-order valence-electron chi connectivity index (χ3n) is 1.80. The number of rotatable bonds is 3. The van der Waals surface area contributed by atoms with Gasteiger partial charge < -0.3 is 9.73 Å². The minimum absolute atomic E-state index is 0.306. The van der Waals surface area contributed by atoms with Crippen molar-refractivity contribution in [1.29, 1.82) is 5.26 Å². The Morgan fingerprint density at radius 1 is 1.67 bits per heavy atom. The minimum atomic E-state index is 0.306. The molecule has 0 spiro atoms. The molecule has 2 rings (SSSR count). The fourth-order valence-electron chi connectivity index (χ4n) is 1.18. The highest BCUT2D eigenvalue weighted by atomic mass is 32.1. The largest absolute Gasteiger partial charge is 0.418 e. The van der Waals surface area contributed by atoms with Crippen LogP contribution in [0.5, 0.6) is 0 Å². The predicted octanol–water partition coefficient (Wildman–Crippen LogP) is 2.71. The van der Waals surface area contributed by atoms with E-state index in [0.29, 0.717) is 24.0 Å². The van der Waals surface area contributed by atoms with Crippen LogP contribution in [0.3, 0.4) is 0 Å². The van der Waals surface area contributed by atoms with E-state index in [1.54, 1.807) is 0 Å². The molecule has 0 saturated carbocycles. The standard InChI is InChI=1S/C10H9N3OS/c1-2-12-9-7(6-11)13-10(14-9)8-4-3-5-15-8/h3-5,12H,2H2,1H3. The molecule has 0 atom stereocenters. The van der Waals surface area contributed by atoms with Crippen molar-refractivity contribution in [2.24, 2.45) is 0 Å². The van der Waals surface area contributed by atoms with E-state index in [1.807, 2.05) is 30.5 Å². The average molecular weight is 219 g/mol. The molecule has 0 bridgehead atoms. The van der Waals surface area contributed by atoms with Gasteiger partial charge in [-0.3, -0.25) is 0 Å². The second-order valence-corrected chi connectivity index (χ2v) is 3.76. The van der Waals surface area contributed by atoms with Crippen molar-refractivity contribution in [2.45, 2.75) is 6.92 Å². The molecule has 0 saturated heterocycles. The van der Waals surface area contributed by atoms with Gasteiger partial charge in [-0.25, -0.2) is 0 Å². The van der Waals surface area contributed by atoms with Gasteiger partial charge in [-0.2, -0.15) is 10.2 Å². The molecule has 2 heterocycles. The van der Waals surface area contributed by atoms with Crippen molar-refractivity contribution < 1.29 is 4.42 Å². The van der Waals surface area contributed by atoms with Crippen LogP contribution in [-0.2, 0) is 0 Å². The summed E-state index contributed by atoms with van der Waals surface area (Å²) in [4.78, 5) is 5.04. The smallest absolute Gasteiger partial charge is 0.240 e. The van der Waals surface area contributed by atoms with Crippen LogP contribution in [0.2, 0.25) is 0 Å². The van der Waals surface area contributed by atoms with Crippen LogP contribution in [0, 0.1) is 11.3 Å². The third-order valence-corrected chi connectivity index (χ3v) is 2.66. The predicted molar refractivity (Wildman–Crippen MR) is 58.7 cm³/mol. The van der Waals surface area contributed by atoms with Crippen LogP contribution >= 0.6 is 11.3 Å². The van der Waals surface area contributed by atoms with Gasteiger partial charge in [-0.05, 0) is 18.4 Å². The summed E-state index contributed by atoms with van der Waals surface area (Å²) in [6.45, 7) is 2.64. The number of anilines is 1. The molecule has 0 unspecified atom stereocenters. The summed E-state index contributed by atoms with van der Waals surface area (Å²) >= 11 is 1.53. The number of thiophene rings is 1. The maximum atomic E-state index is 8.85. The maximum Gasteiger partial charge on any atom is 0.240 e. The lowest BCUT2D eigenvalue weighted by molar-refractivity contribution is 0.588. The van der Waals surface area contributed by atoms with Crippen LogP contribution in [-0.4, -0.2) is 11.5 Å². The summed E-state index contributed by atoms with van der Waals surface area (Å²) < 4.78 is 5.46. The van der Waals surface area contributed by atoms with Crippen LogP contribution in [0.15, 0.2) is 21.9 Å². The zero-order valence-electron chi connectivity index (χ0n) is 8.15. The monoisotopic (exact) mass is 219 g/mol. The number of aromatic nitrogens is 1. The third kappa shape index (κ3) is 1.85. The second kappa shape index (κ2) is 4.15. The lowest BCUT2D eigenvalue weighted by Gasteiger charge is -1.94. The first-order valence-electron chi connectivity index (χ1n) is 4.53. The summed E-state index contributed by atoms with van der Waals surface area (Å²) in [6.07, 6.45) is 0. The zero-order chi connectivity index (χ0) is 10.7. The molecule has 1 N–H and O–H groups in total. The van der Waals surface area contributed by atoms with E-state index >= 15 is 0 Å². The molecule has 0 amide bonds. The molecule has 0 aromatic carbocycles. The SMILES string of the molecule is CCNc1oc(-c2cccs2)nc1C#N. The van der Waals surface area contributed by atoms with Crippen molar-refractivity contribution in [1.82, 2.24) is 4.98 Å². The van der Waals surface area contributed by atoms with Gasteiger partial charge in [-0.1, -0.05) is 6.07 Å².